The first-order valence-corrected chi connectivity index (χ1v) is 11.0. The second-order valence-corrected chi connectivity index (χ2v) is 8.64. The van der Waals surface area contributed by atoms with Crippen LogP contribution >= 0.6 is 11.8 Å². The molecule has 0 radical (unpaired) electrons. The number of nitrogens with zero attached hydrogens (tertiary/aromatic N) is 4. The fourth-order valence-corrected chi connectivity index (χ4v) is 3.51. The third kappa shape index (κ3) is 5.34. The molecule has 11 heteroatoms. The minimum atomic E-state index is -1.90. The predicted octanol–water partition coefficient (Wildman–Crippen LogP) is -0.691. The molecule has 122 valence electrons. The van der Waals surface area contributed by atoms with Gasteiger partial charge in [0.1, 0.15) is 0 Å². The van der Waals surface area contributed by atoms with E-state index in [9.17, 15) is 13.7 Å². The maximum atomic E-state index is 11.9. The van der Waals surface area contributed by atoms with Crippen LogP contribution in [0.25, 0.3) is 0 Å². The van der Waals surface area contributed by atoms with Gasteiger partial charge in [-0.2, -0.15) is 0 Å². The quantitative estimate of drug-likeness (QED) is 0.412. The van der Waals surface area contributed by atoms with E-state index < -0.39 is 21.0 Å². The molecular formula is C12H14AsN5O4S. The third-order valence-electron chi connectivity index (χ3n) is 2.64. The molecule has 2 rings (SSSR count). The Morgan fingerprint density at radius 2 is 2.04 bits per heavy atom. The second kappa shape index (κ2) is 8.09. The molecule has 1 aromatic heterocycles. The van der Waals surface area contributed by atoms with Crippen molar-refractivity contribution >= 4 is 48.7 Å². The van der Waals surface area contributed by atoms with Crippen molar-refractivity contribution in [3.8, 4) is 0 Å². The standard InChI is InChI=1S/C12H14AsN5O4S/c1-13(22)8-2-4-9(5-3-8)14-10(19)7-23-12-15-16-17-18(12)6-11(20)21/h2-5,22H,6-7H2,1H3,(H,14,19)(H,20,21). The van der Waals surface area contributed by atoms with Gasteiger partial charge in [0.25, 0.3) is 0 Å². The zero-order valence-electron chi connectivity index (χ0n) is 12.1. The van der Waals surface area contributed by atoms with Crippen molar-refractivity contribution in [2.75, 3.05) is 11.1 Å². The number of carbonyl (C=O) groups excluding carboxylic acids is 1. The van der Waals surface area contributed by atoms with E-state index in [1.807, 2.05) is 0 Å². The van der Waals surface area contributed by atoms with Gasteiger partial charge in [-0.05, 0) is 0 Å². The molecule has 0 aliphatic rings. The monoisotopic (exact) mass is 399 g/mol. The average Bonchev–Trinajstić information content (AvgIpc) is 2.92. The number of benzene rings is 1. The Morgan fingerprint density at radius 1 is 1.35 bits per heavy atom. The van der Waals surface area contributed by atoms with Gasteiger partial charge in [-0.15, -0.1) is 0 Å². The van der Waals surface area contributed by atoms with E-state index in [0.717, 1.165) is 20.8 Å². The number of anilines is 1. The van der Waals surface area contributed by atoms with E-state index in [-0.39, 0.29) is 23.4 Å². The van der Waals surface area contributed by atoms with Gasteiger partial charge < -0.3 is 5.11 Å². The molecule has 2 aromatic rings. The van der Waals surface area contributed by atoms with Crippen LogP contribution in [0.2, 0.25) is 5.71 Å². The normalized spacial score (nSPS) is 11.9. The van der Waals surface area contributed by atoms with E-state index in [0.29, 0.717) is 5.69 Å². The van der Waals surface area contributed by atoms with Crippen LogP contribution in [-0.2, 0) is 16.1 Å². The number of tetrazole rings is 1. The molecule has 9 nitrogen and oxygen atoms in total. The van der Waals surface area contributed by atoms with Gasteiger partial charge in [0.15, 0.2) is 0 Å². The summed E-state index contributed by atoms with van der Waals surface area (Å²) >= 11 is -0.854. The molecular weight excluding hydrogens is 385 g/mol. The van der Waals surface area contributed by atoms with Crippen LogP contribution in [0.15, 0.2) is 29.4 Å². The van der Waals surface area contributed by atoms with Crippen molar-refractivity contribution in [2.24, 2.45) is 0 Å². The molecule has 0 bridgehead atoms. The summed E-state index contributed by atoms with van der Waals surface area (Å²) in [4.78, 5) is 22.5. The van der Waals surface area contributed by atoms with Gasteiger partial charge in [0.05, 0.1) is 0 Å². The van der Waals surface area contributed by atoms with E-state index in [2.05, 4.69) is 20.8 Å². The number of nitrogens with one attached hydrogen (secondary N) is 1. The Kier molecular flexibility index (Phi) is 6.14. The van der Waals surface area contributed by atoms with Gasteiger partial charge in [-0.3, -0.25) is 4.79 Å². The first-order valence-electron chi connectivity index (χ1n) is 6.39. The molecule has 0 aliphatic heterocycles. The van der Waals surface area contributed by atoms with Crippen molar-refractivity contribution in [3.63, 3.8) is 0 Å². The molecule has 23 heavy (non-hydrogen) atoms. The van der Waals surface area contributed by atoms with Crippen molar-refractivity contribution in [2.45, 2.75) is 17.4 Å². The number of thioether (sulfide) groups is 1. The first-order chi connectivity index (χ1) is 11.0. The number of carboxylic acid groups (broad SMARTS) is 1. The van der Waals surface area contributed by atoms with Crippen LogP contribution in [0.5, 0.6) is 0 Å². The van der Waals surface area contributed by atoms with Gasteiger partial charge in [0.2, 0.25) is 0 Å². The van der Waals surface area contributed by atoms with Crippen molar-refractivity contribution in [1.82, 2.24) is 20.2 Å². The summed E-state index contributed by atoms with van der Waals surface area (Å²) in [6.45, 7) is -0.359. The van der Waals surface area contributed by atoms with E-state index >= 15 is 0 Å². The number of aromatic nitrogens is 4. The summed E-state index contributed by atoms with van der Waals surface area (Å²) in [5, 5.41) is 22.3. The molecule has 0 saturated carbocycles. The molecule has 0 saturated heterocycles. The van der Waals surface area contributed by atoms with Gasteiger partial charge in [-0.1, -0.05) is 0 Å². The van der Waals surface area contributed by atoms with Gasteiger partial charge >= 0.3 is 131 Å². The van der Waals surface area contributed by atoms with Gasteiger partial charge in [-0.25, -0.2) is 0 Å². The van der Waals surface area contributed by atoms with Crippen molar-refractivity contribution in [1.29, 1.82) is 0 Å². The topological polar surface area (TPSA) is 130 Å². The Hall–Kier alpha value is -1.90. The van der Waals surface area contributed by atoms with Crippen LogP contribution in [-0.4, -0.2) is 62.0 Å². The van der Waals surface area contributed by atoms with Crippen LogP contribution in [0.1, 0.15) is 0 Å². The molecule has 1 amide bonds. The summed E-state index contributed by atoms with van der Waals surface area (Å²) in [5.74, 6) is -1.28. The molecule has 0 fully saturated rings. The fraction of sp³-hybridized carbons (Fsp3) is 0.250. The molecule has 0 aliphatic carbocycles. The third-order valence-corrected chi connectivity index (χ3v) is 5.79. The average molecular weight is 399 g/mol. The number of hydrogen-bond acceptors (Lipinski definition) is 7. The molecule has 1 aromatic carbocycles. The van der Waals surface area contributed by atoms with Gasteiger partial charge in [0, 0.05) is 0 Å². The number of hydrogen-bond donors (Lipinski definition) is 3. The summed E-state index contributed by atoms with van der Waals surface area (Å²) in [7, 11) is 0. The van der Waals surface area contributed by atoms with Crippen molar-refractivity contribution in [3.05, 3.63) is 24.3 Å². The Labute approximate surface area is 140 Å². The fourth-order valence-electron chi connectivity index (χ4n) is 1.61. The van der Waals surface area contributed by atoms with Crippen LogP contribution in [0.4, 0.5) is 5.69 Å². The minimum absolute atomic E-state index is 0.0489. The Balaban J connectivity index is 1.88. The zero-order valence-corrected chi connectivity index (χ0v) is 14.8. The number of amides is 1. The zero-order chi connectivity index (χ0) is 16.8. The number of rotatable bonds is 7. The SMILES string of the molecule is C[As](O)c1ccc(NC(=O)CSc2nnnn2CC(=O)O)cc1. The molecule has 0 spiro atoms. The van der Waals surface area contributed by atoms with E-state index in [4.69, 9.17) is 5.11 Å². The maximum absolute atomic E-state index is 11.9. The van der Waals surface area contributed by atoms with E-state index in [1.165, 1.54) is 0 Å². The molecule has 3 N–H and O–H groups in total. The van der Waals surface area contributed by atoms with Crippen LogP contribution in [0, 0.1) is 0 Å². The molecule has 1 heterocycles. The Morgan fingerprint density at radius 3 is 2.65 bits per heavy atom. The number of aliphatic carboxylic acids is 1. The van der Waals surface area contributed by atoms with E-state index in [1.54, 1.807) is 30.0 Å². The molecule has 1 atom stereocenters. The predicted molar refractivity (Wildman–Crippen MR) is 84.7 cm³/mol. The number of carbonyl (C=O) groups is 2. The Bertz CT molecular complexity index is 691. The summed E-state index contributed by atoms with van der Waals surface area (Å²) < 4.78 is 11.6. The summed E-state index contributed by atoms with van der Waals surface area (Å²) in [5.41, 5.74) is 2.43. The van der Waals surface area contributed by atoms with Crippen LogP contribution < -0.4 is 9.67 Å². The van der Waals surface area contributed by atoms with Crippen molar-refractivity contribution < 1.29 is 18.8 Å². The first kappa shape index (κ1) is 17.5. The summed E-state index contributed by atoms with van der Waals surface area (Å²) in [6.07, 6.45) is 0. The second-order valence-electron chi connectivity index (χ2n) is 4.42. The summed E-state index contributed by atoms with van der Waals surface area (Å²) in [6, 6.07) is 7.04. The van der Waals surface area contributed by atoms with Crippen LogP contribution in [0.3, 0.4) is 0 Å². The number of carboxylic acids is 1. The molecule has 1 unspecified atom stereocenters.